The van der Waals surface area contributed by atoms with Crippen LogP contribution in [0.2, 0.25) is 0 Å². The molecule has 0 saturated heterocycles. The lowest BCUT2D eigenvalue weighted by Gasteiger charge is -2.15. The number of carbonyl (C=O) groups excluding carboxylic acids is 1. The van der Waals surface area contributed by atoms with E-state index in [2.05, 4.69) is 33.9 Å². The molecular formula is C20H21N3O. The molecule has 4 heteroatoms. The number of nitrogens with one attached hydrogen (secondary N) is 1. The zero-order valence-electron chi connectivity index (χ0n) is 13.9. The Labute approximate surface area is 142 Å². The smallest absolute Gasteiger partial charge is 0.251 e. The first-order valence-electron chi connectivity index (χ1n) is 8.06. The van der Waals surface area contributed by atoms with Crippen LogP contribution in [0.15, 0.2) is 67.0 Å². The Morgan fingerprint density at radius 2 is 1.96 bits per heavy atom. The van der Waals surface area contributed by atoms with Crippen LogP contribution in [0.4, 0.5) is 0 Å². The molecule has 2 aromatic carbocycles. The van der Waals surface area contributed by atoms with Crippen molar-refractivity contribution in [1.29, 1.82) is 0 Å². The van der Waals surface area contributed by atoms with Crippen LogP contribution in [0.3, 0.4) is 0 Å². The summed E-state index contributed by atoms with van der Waals surface area (Å²) in [4.78, 5) is 16.3. The van der Waals surface area contributed by atoms with Gasteiger partial charge in [-0.25, -0.2) is 4.98 Å². The number of imidazole rings is 1. The predicted molar refractivity (Wildman–Crippen MR) is 95.1 cm³/mol. The van der Waals surface area contributed by atoms with Gasteiger partial charge in [0.15, 0.2) is 0 Å². The van der Waals surface area contributed by atoms with Gasteiger partial charge in [0, 0.05) is 37.5 Å². The zero-order valence-corrected chi connectivity index (χ0v) is 13.9. The fourth-order valence-electron chi connectivity index (χ4n) is 2.88. The fourth-order valence-corrected chi connectivity index (χ4v) is 2.88. The van der Waals surface area contributed by atoms with Crippen molar-refractivity contribution in [3.63, 3.8) is 0 Å². The van der Waals surface area contributed by atoms with E-state index in [0.29, 0.717) is 12.1 Å². The quantitative estimate of drug-likeness (QED) is 0.783. The monoisotopic (exact) mass is 319 g/mol. The SMILES string of the molecule is CNC(=O)c1cccc(Cn2ccnc2C(C)c2ccccc2)c1. The van der Waals surface area contributed by atoms with E-state index in [-0.39, 0.29) is 11.8 Å². The molecular weight excluding hydrogens is 298 g/mol. The lowest BCUT2D eigenvalue weighted by Crippen LogP contribution is -2.18. The van der Waals surface area contributed by atoms with Crippen LogP contribution >= 0.6 is 0 Å². The van der Waals surface area contributed by atoms with E-state index in [1.54, 1.807) is 7.05 Å². The number of aromatic nitrogens is 2. The van der Waals surface area contributed by atoms with Gasteiger partial charge in [-0.1, -0.05) is 49.4 Å². The number of nitrogens with zero attached hydrogens (tertiary/aromatic N) is 2. The molecule has 0 spiro atoms. The maximum absolute atomic E-state index is 11.8. The molecule has 0 aliphatic carbocycles. The molecule has 0 radical (unpaired) electrons. The highest BCUT2D eigenvalue weighted by Crippen LogP contribution is 2.23. The minimum Gasteiger partial charge on any atom is -0.355 e. The maximum Gasteiger partial charge on any atom is 0.251 e. The van der Waals surface area contributed by atoms with Gasteiger partial charge in [-0.15, -0.1) is 0 Å². The van der Waals surface area contributed by atoms with Crippen molar-refractivity contribution in [1.82, 2.24) is 14.9 Å². The molecule has 0 saturated carbocycles. The largest absolute Gasteiger partial charge is 0.355 e. The van der Waals surface area contributed by atoms with Gasteiger partial charge in [-0.2, -0.15) is 0 Å². The van der Waals surface area contributed by atoms with E-state index in [9.17, 15) is 4.79 Å². The van der Waals surface area contributed by atoms with Crippen molar-refractivity contribution in [3.05, 3.63) is 89.5 Å². The van der Waals surface area contributed by atoms with Gasteiger partial charge in [-0.3, -0.25) is 4.79 Å². The summed E-state index contributed by atoms with van der Waals surface area (Å²) < 4.78 is 2.14. The molecule has 1 aromatic heterocycles. The van der Waals surface area contributed by atoms with Crippen LogP contribution in [-0.4, -0.2) is 22.5 Å². The van der Waals surface area contributed by atoms with Gasteiger partial charge < -0.3 is 9.88 Å². The van der Waals surface area contributed by atoms with E-state index in [1.165, 1.54) is 5.56 Å². The molecule has 4 nitrogen and oxygen atoms in total. The predicted octanol–water partition coefficient (Wildman–Crippen LogP) is 3.44. The Bertz CT molecular complexity index is 824. The van der Waals surface area contributed by atoms with Crippen LogP contribution < -0.4 is 5.32 Å². The lowest BCUT2D eigenvalue weighted by atomic mass is 10.0. The summed E-state index contributed by atoms with van der Waals surface area (Å²) in [7, 11) is 1.64. The van der Waals surface area contributed by atoms with Gasteiger partial charge in [0.05, 0.1) is 0 Å². The summed E-state index contributed by atoms with van der Waals surface area (Å²) in [5, 5.41) is 2.66. The molecule has 0 aliphatic heterocycles. The molecule has 1 N–H and O–H groups in total. The van der Waals surface area contributed by atoms with Gasteiger partial charge >= 0.3 is 0 Å². The Morgan fingerprint density at radius 1 is 1.17 bits per heavy atom. The molecule has 0 fully saturated rings. The highest BCUT2D eigenvalue weighted by Gasteiger charge is 2.14. The number of carbonyl (C=O) groups is 1. The van der Waals surface area contributed by atoms with Crippen LogP contribution in [-0.2, 0) is 6.54 Å². The van der Waals surface area contributed by atoms with Crippen LogP contribution in [0, 0.1) is 0 Å². The molecule has 3 rings (SSSR count). The van der Waals surface area contributed by atoms with Crippen molar-refractivity contribution >= 4 is 5.91 Å². The molecule has 1 unspecified atom stereocenters. The number of rotatable bonds is 5. The van der Waals surface area contributed by atoms with Gasteiger partial charge in [0.2, 0.25) is 0 Å². The number of hydrogen-bond acceptors (Lipinski definition) is 2. The summed E-state index contributed by atoms with van der Waals surface area (Å²) in [6.07, 6.45) is 3.82. The first-order valence-corrected chi connectivity index (χ1v) is 8.06. The second-order valence-corrected chi connectivity index (χ2v) is 5.83. The molecule has 3 aromatic rings. The van der Waals surface area contributed by atoms with Crippen LogP contribution in [0.5, 0.6) is 0 Å². The van der Waals surface area contributed by atoms with Crippen molar-refractivity contribution < 1.29 is 4.79 Å². The number of hydrogen-bond donors (Lipinski definition) is 1. The van der Waals surface area contributed by atoms with Crippen molar-refractivity contribution in [2.75, 3.05) is 7.05 Å². The van der Waals surface area contributed by atoms with E-state index in [0.717, 1.165) is 11.4 Å². The molecule has 0 bridgehead atoms. The zero-order chi connectivity index (χ0) is 16.9. The standard InChI is InChI=1S/C20H21N3O/c1-15(17-8-4-3-5-9-17)19-22-11-12-23(19)14-16-7-6-10-18(13-16)20(24)21-2/h3-13,15H,14H2,1-2H3,(H,21,24). The topological polar surface area (TPSA) is 46.9 Å². The highest BCUT2D eigenvalue weighted by molar-refractivity contribution is 5.94. The number of amides is 1. The minimum absolute atomic E-state index is 0.0691. The fraction of sp³-hybridized carbons (Fsp3) is 0.200. The summed E-state index contributed by atoms with van der Waals surface area (Å²) in [6.45, 7) is 2.85. The Balaban J connectivity index is 1.85. The van der Waals surface area contributed by atoms with E-state index in [4.69, 9.17) is 0 Å². The van der Waals surface area contributed by atoms with Gasteiger partial charge in [0.1, 0.15) is 5.82 Å². The van der Waals surface area contributed by atoms with Crippen LogP contribution in [0.25, 0.3) is 0 Å². The van der Waals surface area contributed by atoms with Crippen molar-refractivity contribution in [2.45, 2.75) is 19.4 Å². The first kappa shape index (κ1) is 16.0. The molecule has 0 aliphatic rings. The second-order valence-electron chi connectivity index (χ2n) is 5.83. The molecule has 24 heavy (non-hydrogen) atoms. The van der Waals surface area contributed by atoms with Gasteiger partial charge in [-0.05, 0) is 23.3 Å². The highest BCUT2D eigenvalue weighted by atomic mass is 16.1. The second kappa shape index (κ2) is 7.13. The van der Waals surface area contributed by atoms with Crippen molar-refractivity contribution in [3.8, 4) is 0 Å². The third-order valence-electron chi connectivity index (χ3n) is 4.20. The molecule has 1 atom stereocenters. The summed E-state index contributed by atoms with van der Waals surface area (Å²) >= 11 is 0. The average molecular weight is 319 g/mol. The third kappa shape index (κ3) is 3.38. The normalized spacial score (nSPS) is 11.9. The number of benzene rings is 2. The van der Waals surface area contributed by atoms with Crippen molar-refractivity contribution in [2.24, 2.45) is 0 Å². The summed E-state index contributed by atoms with van der Waals surface area (Å²) in [6, 6.07) is 18.1. The van der Waals surface area contributed by atoms with Gasteiger partial charge in [0.25, 0.3) is 5.91 Å². The lowest BCUT2D eigenvalue weighted by molar-refractivity contribution is 0.0963. The first-order chi connectivity index (χ1) is 11.7. The van der Waals surface area contributed by atoms with E-state index >= 15 is 0 Å². The Hall–Kier alpha value is -2.88. The Morgan fingerprint density at radius 3 is 2.71 bits per heavy atom. The summed E-state index contributed by atoms with van der Waals surface area (Å²) in [5.41, 5.74) is 2.99. The summed E-state index contributed by atoms with van der Waals surface area (Å²) in [5.74, 6) is 1.16. The van der Waals surface area contributed by atoms with E-state index < -0.39 is 0 Å². The maximum atomic E-state index is 11.8. The van der Waals surface area contributed by atoms with Crippen LogP contribution in [0.1, 0.15) is 40.2 Å². The minimum atomic E-state index is -0.0691. The molecule has 1 amide bonds. The Kier molecular flexibility index (Phi) is 4.75. The van der Waals surface area contributed by atoms with E-state index in [1.807, 2.05) is 54.9 Å². The molecule has 1 heterocycles. The molecule has 122 valence electrons. The average Bonchev–Trinajstić information content (AvgIpc) is 3.09. The third-order valence-corrected chi connectivity index (χ3v) is 4.20.